The van der Waals surface area contributed by atoms with Crippen molar-refractivity contribution < 1.29 is 9.53 Å². The zero-order valence-corrected chi connectivity index (χ0v) is 17.3. The van der Waals surface area contributed by atoms with Gasteiger partial charge < -0.3 is 9.30 Å². The number of rotatable bonds is 7. The number of esters is 1. The molecule has 0 bridgehead atoms. The van der Waals surface area contributed by atoms with Crippen LogP contribution in [-0.2, 0) is 31.8 Å². The number of hydrogen-bond acceptors (Lipinski definition) is 6. The predicted octanol–water partition coefficient (Wildman–Crippen LogP) is 2.00. The van der Waals surface area contributed by atoms with Crippen molar-refractivity contribution in [2.24, 2.45) is 14.1 Å². The highest BCUT2D eigenvalue weighted by Gasteiger charge is 2.16. The van der Waals surface area contributed by atoms with Crippen molar-refractivity contribution in [3.8, 4) is 0 Å². The van der Waals surface area contributed by atoms with Crippen LogP contribution in [-0.4, -0.2) is 31.3 Å². The third-order valence-corrected chi connectivity index (χ3v) is 5.77. The molecule has 150 valence electrons. The van der Waals surface area contributed by atoms with Gasteiger partial charge in [0.1, 0.15) is 4.88 Å². The highest BCUT2D eigenvalue weighted by Crippen LogP contribution is 2.23. The van der Waals surface area contributed by atoms with E-state index in [2.05, 4.69) is 11.9 Å². The number of aryl methyl sites for hydroxylation is 4. The molecule has 0 radical (unpaired) electrons. The second kappa shape index (κ2) is 8.14. The number of nitrogens with zero attached hydrogens (tertiary/aromatic N) is 4. The van der Waals surface area contributed by atoms with Gasteiger partial charge in [-0.05, 0) is 31.4 Å². The normalized spacial score (nSPS) is 11.3. The lowest BCUT2D eigenvalue weighted by atomic mass is 10.1. The first kappa shape index (κ1) is 20.1. The number of ether oxygens (including phenoxy) is 1. The number of carbonyl (C=O) groups excluding carboxylic acids is 1. The highest BCUT2D eigenvalue weighted by molar-refractivity contribution is 7.14. The zero-order valence-electron chi connectivity index (χ0n) is 16.5. The SMILES string of the molecule is CCCc1cc(C(=O)OCCCn2c(=O)c3c(ncn3C)n(C)c2=O)sc1C. The zero-order chi connectivity index (χ0) is 20.4. The summed E-state index contributed by atoms with van der Waals surface area (Å²) in [5, 5.41) is 0. The fourth-order valence-electron chi connectivity index (χ4n) is 3.19. The van der Waals surface area contributed by atoms with Crippen molar-refractivity contribution in [3.05, 3.63) is 48.5 Å². The maximum atomic E-state index is 12.6. The lowest BCUT2D eigenvalue weighted by molar-refractivity contribution is 0.0501. The minimum Gasteiger partial charge on any atom is -0.461 e. The third-order valence-electron chi connectivity index (χ3n) is 4.70. The molecule has 0 saturated heterocycles. The molecule has 0 saturated carbocycles. The van der Waals surface area contributed by atoms with E-state index in [1.54, 1.807) is 18.7 Å². The first-order chi connectivity index (χ1) is 13.3. The van der Waals surface area contributed by atoms with E-state index in [0.717, 1.165) is 22.3 Å². The smallest absolute Gasteiger partial charge is 0.348 e. The molecule has 0 amide bonds. The third kappa shape index (κ3) is 3.66. The van der Waals surface area contributed by atoms with E-state index in [1.165, 1.54) is 27.8 Å². The molecule has 3 aromatic rings. The van der Waals surface area contributed by atoms with Crippen LogP contribution in [0, 0.1) is 6.92 Å². The molecule has 9 heteroatoms. The molecule has 0 atom stereocenters. The Bertz CT molecular complexity index is 1140. The summed E-state index contributed by atoms with van der Waals surface area (Å²) in [6, 6.07) is 1.89. The molecule has 0 N–H and O–H groups in total. The van der Waals surface area contributed by atoms with Gasteiger partial charge in [0, 0.05) is 25.5 Å². The Morgan fingerprint density at radius 2 is 2.04 bits per heavy atom. The Labute approximate surface area is 166 Å². The van der Waals surface area contributed by atoms with Gasteiger partial charge in [-0.2, -0.15) is 0 Å². The molecule has 3 aromatic heterocycles. The van der Waals surface area contributed by atoms with Crippen LogP contribution >= 0.6 is 11.3 Å². The van der Waals surface area contributed by atoms with Crippen LogP contribution in [0.3, 0.4) is 0 Å². The van der Waals surface area contributed by atoms with E-state index in [-0.39, 0.29) is 24.7 Å². The fraction of sp³-hybridized carbons (Fsp3) is 0.474. The second-order valence-corrected chi connectivity index (χ2v) is 8.01. The maximum Gasteiger partial charge on any atom is 0.348 e. The van der Waals surface area contributed by atoms with Crippen LogP contribution in [0.4, 0.5) is 0 Å². The first-order valence-corrected chi connectivity index (χ1v) is 10.0. The molecule has 0 spiro atoms. The molecular weight excluding hydrogens is 380 g/mol. The lowest BCUT2D eigenvalue weighted by Gasteiger charge is -2.09. The largest absolute Gasteiger partial charge is 0.461 e. The lowest BCUT2D eigenvalue weighted by Crippen LogP contribution is -2.39. The number of fused-ring (bicyclic) bond motifs is 1. The van der Waals surface area contributed by atoms with Crippen molar-refractivity contribution in [2.45, 2.75) is 39.7 Å². The maximum absolute atomic E-state index is 12.6. The summed E-state index contributed by atoms with van der Waals surface area (Å²) in [7, 11) is 3.30. The van der Waals surface area contributed by atoms with Gasteiger partial charge in [-0.1, -0.05) is 13.3 Å². The number of imidazole rings is 1. The minimum absolute atomic E-state index is 0.137. The Kier molecular flexibility index (Phi) is 5.83. The molecule has 0 aromatic carbocycles. The average Bonchev–Trinajstić information content (AvgIpc) is 3.23. The van der Waals surface area contributed by atoms with E-state index in [9.17, 15) is 14.4 Å². The Hall–Kier alpha value is -2.68. The summed E-state index contributed by atoms with van der Waals surface area (Å²) >= 11 is 1.43. The van der Waals surface area contributed by atoms with Crippen LogP contribution in [0.5, 0.6) is 0 Å². The standard InChI is InChI=1S/C19H24N4O4S/c1-5-7-13-10-14(28-12(13)2)18(25)27-9-6-8-23-17(24)15-16(20-11-21(15)3)22(4)19(23)26/h10-11H,5-9H2,1-4H3. The Morgan fingerprint density at radius 3 is 2.75 bits per heavy atom. The highest BCUT2D eigenvalue weighted by atomic mass is 32.1. The van der Waals surface area contributed by atoms with E-state index < -0.39 is 5.69 Å². The number of aromatic nitrogens is 4. The van der Waals surface area contributed by atoms with Gasteiger partial charge in [0.25, 0.3) is 5.56 Å². The van der Waals surface area contributed by atoms with Gasteiger partial charge in [-0.25, -0.2) is 14.6 Å². The van der Waals surface area contributed by atoms with E-state index >= 15 is 0 Å². The molecule has 0 aliphatic carbocycles. The number of hydrogen-bond donors (Lipinski definition) is 0. The molecule has 8 nitrogen and oxygen atoms in total. The number of carbonyl (C=O) groups is 1. The van der Waals surface area contributed by atoms with Crippen LogP contribution in [0.2, 0.25) is 0 Å². The molecule has 28 heavy (non-hydrogen) atoms. The molecule has 0 aliphatic heterocycles. The second-order valence-electron chi connectivity index (χ2n) is 6.76. The molecular formula is C19H24N4O4S. The average molecular weight is 404 g/mol. The summed E-state index contributed by atoms with van der Waals surface area (Å²) in [5.41, 5.74) is 1.09. The Morgan fingerprint density at radius 1 is 1.29 bits per heavy atom. The fourth-order valence-corrected chi connectivity index (χ4v) is 4.16. The molecule has 0 aliphatic rings. The quantitative estimate of drug-likeness (QED) is 0.444. The van der Waals surface area contributed by atoms with Gasteiger partial charge in [0.2, 0.25) is 0 Å². The minimum atomic E-state index is -0.430. The summed E-state index contributed by atoms with van der Waals surface area (Å²) < 4.78 is 9.44. The summed E-state index contributed by atoms with van der Waals surface area (Å²) in [6.07, 6.45) is 3.85. The monoisotopic (exact) mass is 404 g/mol. The van der Waals surface area contributed by atoms with Crippen molar-refractivity contribution in [1.29, 1.82) is 0 Å². The molecule has 0 unspecified atom stereocenters. The predicted molar refractivity (Wildman–Crippen MR) is 108 cm³/mol. The topological polar surface area (TPSA) is 88.1 Å². The van der Waals surface area contributed by atoms with Crippen LogP contribution in [0.15, 0.2) is 22.0 Å². The van der Waals surface area contributed by atoms with Crippen molar-refractivity contribution in [1.82, 2.24) is 18.7 Å². The Balaban J connectivity index is 1.66. The van der Waals surface area contributed by atoms with Crippen LogP contribution in [0.25, 0.3) is 11.2 Å². The van der Waals surface area contributed by atoms with E-state index in [4.69, 9.17) is 4.74 Å². The molecule has 0 fully saturated rings. The molecule has 3 heterocycles. The first-order valence-electron chi connectivity index (χ1n) is 9.22. The van der Waals surface area contributed by atoms with Crippen molar-refractivity contribution in [3.63, 3.8) is 0 Å². The van der Waals surface area contributed by atoms with Crippen LogP contribution in [0.1, 0.15) is 39.9 Å². The van der Waals surface area contributed by atoms with Gasteiger partial charge >= 0.3 is 11.7 Å². The number of thiophene rings is 1. The van der Waals surface area contributed by atoms with Crippen LogP contribution < -0.4 is 11.2 Å². The summed E-state index contributed by atoms with van der Waals surface area (Å²) in [4.78, 5) is 43.1. The van der Waals surface area contributed by atoms with Gasteiger partial charge in [-0.15, -0.1) is 11.3 Å². The van der Waals surface area contributed by atoms with E-state index in [1.807, 2.05) is 13.0 Å². The van der Waals surface area contributed by atoms with Gasteiger partial charge in [-0.3, -0.25) is 13.9 Å². The van der Waals surface area contributed by atoms with Crippen molar-refractivity contribution in [2.75, 3.05) is 6.61 Å². The van der Waals surface area contributed by atoms with Gasteiger partial charge in [0.05, 0.1) is 12.9 Å². The summed E-state index contributed by atoms with van der Waals surface area (Å²) in [6.45, 7) is 4.41. The summed E-state index contributed by atoms with van der Waals surface area (Å²) in [5.74, 6) is -0.363. The van der Waals surface area contributed by atoms with Gasteiger partial charge in [0.15, 0.2) is 11.2 Å². The van der Waals surface area contributed by atoms with Crippen molar-refractivity contribution >= 4 is 28.5 Å². The van der Waals surface area contributed by atoms with E-state index in [0.29, 0.717) is 22.5 Å². The molecule has 3 rings (SSSR count).